The Balaban J connectivity index is 1.47. The third kappa shape index (κ3) is 8.15. The predicted molar refractivity (Wildman–Crippen MR) is 170 cm³/mol. The molecule has 0 spiro atoms. The van der Waals surface area contributed by atoms with Crippen molar-refractivity contribution in [3.63, 3.8) is 0 Å². The van der Waals surface area contributed by atoms with E-state index in [1.54, 1.807) is 74.9 Å². The number of amides is 2. The second kappa shape index (κ2) is 15.4. The number of ether oxygens (including phenoxy) is 1. The molecule has 2 amide bonds. The predicted octanol–water partition coefficient (Wildman–Crippen LogP) is 3.64. The normalized spacial score (nSPS) is 20.3. The van der Waals surface area contributed by atoms with Crippen LogP contribution in [0.1, 0.15) is 28.8 Å². The number of fused-ring (bicyclic) bond motifs is 11. The Morgan fingerprint density at radius 1 is 1.13 bits per heavy atom. The Labute approximate surface area is 278 Å². The molecule has 238 valence electrons. The number of hydrogen-bond donors (Lipinski definition) is 3. The molecule has 45 heavy (non-hydrogen) atoms. The van der Waals surface area contributed by atoms with Gasteiger partial charge in [0.25, 0.3) is 5.76 Å². The standard InChI is InChI=1S/C31H34F3N6O3S.Sb/c1-38-14-10-28(41)39-15-9-23(22(32)19-39)37-24-6-4-13-40-26(24)18-21(30(40)44-31(33)34)5-3-11-35-25-17-20(7-8-27(25)43-2)29(42)36-12-16-38;/h4,6-8,13,17-18,22-23,31,35,37H,1,9-12,14-16,19H2,2H3,(H,36,42);. The Morgan fingerprint density at radius 3 is 2.73 bits per heavy atom. The fourth-order valence-corrected chi connectivity index (χ4v) is 6.93. The van der Waals surface area contributed by atoms with Gasteiger partial charge in [0.15, 0.2) is 0 Å². The van der Waals surface area contributed by atoms with Gasteiger partial charge >= 0.3 is 214 Å². The van der Waals surface area contributed by atoms with Gasteiger partial charge in [0.05, 0.1) is 5.56 Å². The number of hydrogen-bond acceptors (Lipinski definition) is 7. The summed E-state index contributed by atoms with van der Waals surface area (Å²) in [5.41, 5.74) is 2.60. The molecule has 5 heterocycles. The maximum atomic E-state index is 15.4. The van der Waals surface area contributed by atoms with Gasteiger partial charge in [-0.1, -0.05) is 5.92 Å². The summed E-state index contributed by atoms with van der Waals surface area (Å²) in [5, 5.41) is 9.64. The van der Waals surface area contributed by atoms with Gasteiger partial charge in [0.2, 0.25) is 0 Å². The first-order valence-electron chi connectivity index (χ1n) is 14.6. The zero-order valence-corrected chi connectivity index (χ0v) is 28.1. The second-order valence-corrected chi connectivity index (χ2v) is 12.4. The van der Waals surface area contributed by atoms with Crippen LogP contribution in [0, 0.1) is 11.8 Å². The molecule has 2 aromatic heterocycles. The summed E-state index contributed by atoms with van der Waals surface area (Å²) in [5.74, 6) is 3.49. The van der Waals surface area contributed by atoms with E-state index in [1.165, 1.54) is 7.11 Å². The number of alkyl halides is 3. The van der Waals surface area contributed by atoms with Gasteiger partial charge in [-0.05, 0) is 23.9 Å². The third-order valence-electron chi connectivity index (χ3n) is 7.81. The molecular weight excluding hydrogens is 715 g/mol. The average molecular weight is 749 g/mol. The Hall–Kier alpha value is -3.20. The summed E-state index contributed by atoms with van der Waals surface area (Å²) in [4.78, 5) is 29.6. The molecule has 3 aliphatic heterocycles. The van der Waals surface area contributed by atoms with Gasteiger partial charge in [-0.3, -0.25) is 0 Å². The quantitative estimate of drug-likeness (QED) is 0.214. The Bertz CT molecular complexity index is 1600. The number of anilines is 2. The molecule has 3 N–H and O–H groups in total. The summed E-state index contributed by atoms with van der Waals surface area (Å²) in [6, 6.07) is 9.72. The molecule has 6 rings (SSSR count). The zero-order valence-electron chi connectivity index (χ0n) is 24.7. The first-order valence-corrected chi connectivity index (χ1v) is 17.2. The monoisotopic (exact) mass is 748 g/mol. The fourth-order valence-electron chi connectivity index (χ4n) is 5.44. The SMILES string of the molecule is COc1ccc2cc1NCC#Cc1cc3c(cccn3c1SC(F)F)NC1CCN(CC1F)C(=O)CCN([CH2][Sb])CCNC2=O. The van der Waals surface area contributed by atoms with Gasteiger partial charge in [-0.15, -0.1) is 0 Å². The number of nitrogens with zero attached hydrogens (tertiary/aromatic N) is 3. The number of carbonyl (C=O) groups excluding carboxylic acids is 2. The Morgan fingerprint density at radius 2 is 1.98 bits per heavy atom. The van der Waals surface area contributed by atoms with Crippen molar-refractivity contribution in [3.05, 3.63) is 53.7 Å². The molecule has 14 heteroatoms. The number of pyridine rings is 1. The molecule has 3 aliphatic rings. The molecule has 1 saturated heterocycles. The zero-order chi connectivity index (χ0) is 31.9. The molecular formula is C31H34F3N6O3SSb. The fraction of sp³-hybridized carbons (Fsp3) is 0.419. The summed E-state index contributed by atoms with van der Waals surface area (Å²) < 4.78 is 50.5. The molecule has 9 nitrogen and oxygen atoms in total. The summed E-state index contributed by atoms with van der Waals surface area (Å²) in [7, 11) is 1.52. The van der Waals surface area contributed by atoms with Crippen LogP contribution >= 0.6 is 11.8 Å². The van der Waals surface area contributed by atoms with E-state index in [-0.39, 0.29) is 36.4 Å². The van der Waals surface area contributed by atoms with Crippen LogP contribution in [0.3, 0.4) is 0 Å². The van der Waals surface area contributed by atoms with Crippen molar-refractivity contribution in [2.45, 2.75) is 35.8 Å². The molecule has 0 saturated carbocycles. The third-order valence-corrected chi connectivity index (χ3v) is 9.77. The molecule has 6 bridgehead atoms. The van der Waals surface area contributed by atoms with Crippen molar-refractivity contribution in [3.8, 4) is 17.6 Å². The Kier molecular flexibility index (Phi) is 11.3. The van der Waals surface area contributed by atoms with Crippen LogP contribution in [0.2, 0.25) is 0 Å². The molecule has 0 aliphatic carbocycles. The number of carbonyl (C=O) groups is 2. The van der Waals surface area contributed by atoms with Gasteiger partial charge in [0.1, 0.15) is 5.03 Å². The van der Waals surface area contributed by atoms with E-state index < -0.39 is 18.0 Å². The average Bonchev–Trinajstić information content (AvgIpc) is 3.38. The van der Waals surface area contributed by atoms with E-state index in [2.05, 4.69) is 32.7 Å². The maximum absolute atomic E-state index is 15.4. The molecule has 3 aromatic rings. The van der Waals surface area contributed by atoms with Crippen LogP contribution < -0.4 is 20.7 Å². The minimum absolute atomic E-state index is 0.0218. The van der Waals surface area contributed by atoms with E-state index in [0.717, 1.165) is 4.49 Å². The van der Waals surface area contributed by atoms with Gasteiger partial charge in [0, 0.05) is 6.20 Å². The minimum atomic E-state index is -2.67. The first-order chi connectivity index (χ1) is 21.8. The number of thioether (sulfide) groups is 1. The van der Waals surface area contributed by atoms with E-state index in [9.17, 15) is 18.4 Å². The first kappa shape index (κ1) is 33.2. The number of aromatic nitrogens is 1. The number of nitrogens with one attached hydrogen (secondary N) is 3. The van der Waals surface area contributed by atoms with Crippen molar-refractivity contribution < 1.29 is 27.5 Å². The van der Waals surface area contributed by atoms with Crippen LogP contribution in [-0.4, -0.2) is 118 Å². The number of rotatable bonds is 4. The van der Waals surface area contributed by atoms with E-state index in [4.69, 9.17) is 4.74 Å². The van der Waals surface area contributed by atoms with E-state index in [0.29, 0.717) is 78.1 Å². The van der Waals surface area contributed by atoms with Crippen molar-refractivity contribution >= 4 is 63.5 Å². The summed E-state index contributed by atoms with van der Waals surface area (Å²) >= 11 is 1.99. The van der Waals surface area contributed by atoms with Crippen LogP contribution in [-0.2, 0) is 4.79 Å². The van der Waals surface area contributed by atoms with Crippen molar-refractivity contribution in [1.82, 2.24) is 19.5 Å². The van der Waals surface area contributed by atoms with Gasteiger partial charge in [-0.2, -0.15) is 8.78 Å². The van der Waals surface area contributed by atoms with Crippen LogP contribution in [0.4, 0.5) is 24.5 Å². The van der Waals surface area contributed by atoms with Crippen molar-refractivity contribution in [2.24, 2.45) is 0 Å². The van der Waals surface area contributed by atoms with Gasteiger partial charge in [-0.25, -0.2) is 0 Å². The van der Waals surface area contributed by atoms with Crippen molar-refractivity contribution in [2.75, 3.05) is 61.5 Å². The molecule has 1 aromatic carbocycles. The molecule has 1 fully saturated rings. The van der Waals surface area contributed by atoms with Crippen LogP contribution in [0.15, 0.2) is 47.6 Å². The second-order valence-electron chi connectivity index (χ2n) is 10.6. The van der Waals surface area contributed by atoms with Crippen LogP contribution in [0.25, 0.3) is 5.52 Å². The summed E-state index contributed by atoms with van der Waals surface area (Å²) in [6.07, 6.45) is 1.03. The number of halogens is 3. The molecule has 2 unspecified atom stereocenters. The molecule has 2 atom stereocenters. The number of methoxy groups -OCH3 is 1. The van der Waals surface area contributed by atoms with E-state index in [1.807, 2.05) is 0 Å². The summed E-state index contributed by atoms with van der Waals surface area (Å²) in [6.45, 7) is 2.02. The number of piperidine rings is 1. The van der Waals surface area contributed by atoms with Crippen LogP contribution in [0.5, 0.6) is 5.75 Å². The van der Waals surface area contributed by atoms with Gasteiger partial charge < -0.3 is 4.40 Å². The molecule has 2 radical (unpaired) electrons. The van der Waals surface area contributed by atoms with E-state index >= 15 is 4.39 Å². The topological polar surface area (TPSA) is 90.3 Å². The van der Waals surface area contributed by atoms with Crippen molar-refractivity contribution in [1.29, 1.82) is 0 Å². The number of benzene rings is 1.